The maximum Gasteiger partial charge on any atom is 0.252 e. The number of nitrogens with zero attached hydrogens (tertiary/aromatic N) is 2. The van der Waals surface area contributed by atoms with Gasteiger partial charge in [-0.1, -0.05) is 0 Å². The summed E-state index contributed by atoms with van der Waals surface area (Å²) in [4.78, 5) is 31.5. The molecule has 1 aliphatic heterocycles. The summed E-state index contributed by atoms with van der Waals surface area (Å²) in [6.45, 7) is 4.88. The summed E-state index contributed by atoms with van der Waals surface area (Å²) in [5, 5.41) is 6.07. The third-order valence-corrected chi connectivity index (χ3v) is 5.88. The zero-order valence-corrected chi connectivity index (χ0v) is 17.7. The van der Waals surface area contributed by atoms with Gasteiger partial charge in [-0.25, -0.2) is 0 Å². The van der Waals surface area contributed by atoms with Crippen LogP contribution in [-0.2, 0) is 9.53 Å². The normalized spacial score (nSPS) is 21.9. The molecule has 1 saturated carbocycles. The molecule has 7 heteroatoms. The highest BCUT2D eigenvalue weighted by molar-refractivity contribution is 5.93. The van der Waals surface area contributed by atoms with Gasteiger partial charge >= 0.3 is 0 Å². The fraction of sp³-hybridized carbons (Fsp3) is 0.682. The van der Waals surface area contributed by atoms with Crippen molar-refractivity contribution in [2.75, 3.05) is 33.4 Å². The van der Waals surface area contributed by atoms with Gasteiger partial charge in [0.05, 0.1) is 5.56 Å². The van der Waals surface area contributed by atoms with Gasteiger partial charge in [-0.15, -0.1) is 0 Å². The largest absolute Gasteiger partial charge is 0.385 e. The van der Waals surface area contributed by atoms with Gasteiger partial charge in [-0.05, 0) is 57.1 Å². The third-order valence-electron chi connectivity index (χ3n) is 5.88. The van der Waals surface area contributed by atoms with Crippen LogP contribution in [0.25, 0.3) is 0 Å². The van der Waals surface area contributed by atoms with Crippen molar-refractivity contribution in [2.24, 2.45) is 5.92 Å². The van der Waals surface area contributed by atoms with E-state index in [1.807, 2.05) is 19.1 Å². The van der Waals surface area contributed by atoms with E-state index in [9.17, 15) is 9.59 Å². The minimum absolute atomic E-state index is 0.0804. The molecule has 1 aromatic heterocycles. The number of methoxy groups -OCH3 is 1. The molecule has 0 radical (unpaired) electrons. The summed E-state index contributed by atoms with van der Waals surface area (Å²) in [6, 6.07) is 4.22. The van der Waals surface area contributed by atoms with Crippen molar-refractivity contribution in [1.29, 1.82) is 0 Å². The highest BCUT2D eigenvalue weighted by atomic mass is 16.5. The first-order valence-corrected chi connectivity index (χ1v) is 10.8. The first-order chi connectivity index (χ1) is 14.1. The first kappa shape index (κ1) is 21.7. The van der Waals surface area contributed by atoms with Crippen LogP contribution in [0.15, 0.2) is 18.3 Å². The number of pyridine rings is 1. The molecule has 0 aromatic carbocycles. The lowest BCUT2D eigenvalue weighted by atomic mass is 10.1. The van der Waals surface area contributed by atoms with Gasteiger partial charge in [0.15, 0.2) is 0 Å². The zero-order valence-electron chi connectivity index (χ0n) is 17.7. The second-order valence-electron chi connectivity index (χ2n) is 8.32. The van der Waals surface area contributed by atoms with Crippen molar-refractivity contribution in [3.8, 4) is 0 Å². The number of likely N-dealkylation sites (tertiary alicyclic amines) is 1. The minimum atomic E-state index is -0.0804. The Morgan fingerprint density at radius 3 is 2.66 bits per heavy atom. The number of amides is 2. The predicted octanol–water partition coefficient (Wildman–Crippen LogP) is 1.91. The van der Waals surface area contributed by atoms with Gasteiger partial charge in [0.2, 0.25) is 5.91 Å². The van der Waals surface area contributed by atoms with Crippen molar-refractivity contribution in [2.45, 2.75) is 57.5 Å². The van der Waals surface area contributed by atoms with E-state index in [1.54, 1.807) is 13.3 Å². The number of nitrogens with one attached hydrogen (secondary N) is 2. The molecule has 2 atom stereocenters. The molecule has 2 heterocycles. The Morgan fingerprint density at radius 1 is 1.17 bits per heavy atom. The van der Waals surface area contributed by atoms with Gasteiger partial charge in [-0.3, -0.25) is 19.5 Å². The first-order valence-electron chi connectivity index (χ1n) is 10.8. The van der Waals surface area contributed by atoms with Crippen LogP contribution in [0.1, 0.15) is 54.6 Å². The second-order valence-corrected chi connectivity index (χ2v) is 8.32. The average molecular weight is 403 g/mol. The minimum Gasteiger partial charge on any atom is -0.385 e. The van der Waals surface area contributed by atoms with E-state index in [1.165, 1.54) is 12.8 Å². The fourth-order valence-corrected chi connectivity index (χ4v) is 4.00. The molecule has 1 aliphatic carbocycles. The molecule has 29 heavy (non-hydrogen) atoms. The molecule has 3 rings (SSSR count). The Labute approximate surface area is 173 Å². The molecule has 160 valence electrons. The lowest BCUT2D eigenvalue weighted by Crippen LogP contribution is -2.45. The Balaban J connectivity index is 1.49. The maximum atomic E-state index is 12.4. The fourth-order valence-electron chi connectivity index (χ4n) is 4.00. The van der Waals surface area contributed by atoms with Crippen LogP contribution in [0, 0.1) is 12.8 Å². The number of aromatic nitrogens is 1. The van der Waals surface area contributed by atoms with Crippen molar-refractivity contribution in [1.82, 2.24) is 20.5 Å². The van der Waals surface area contributed by atoms with Gasteiger partial charge in [0, 0.05) is 63.7 Å². The zero-order chi connectivity index (χ0) is 20.6. The van der Waals surface area contributed by atoms with Crippen LogP contribution in [-0.4, -0.2) is 67.1 Å². The molecular weight excluding hydrogens is 368 g/mol. The van der Waals surface area contributed by atoms with Crippen LogP contribution in [0.4, 0.5) is 0 Å². The Morgan fingerprint density at radius 2 is 1.97 bits per heavy atom. The molecule has 1 aromatic rings. The van der Waals surface area contributed by atoms with E-state index in [0.29, 0.717) is 37.7 Å². The van der Waals surface area contributed by atoms with Crippen LogP contribution >= 0.6 is 0 Å². The molecule has 0 unspecified atom stereocenters. The van der Waals surface area contributed by atoms with Gasteiger partial charge in [0.1, 0.15) is 0 Å². The summed E-state index contributed by atoms with van der Waals surface area (Å²) >= 11 is 0. The van der Waals surface area contributed by atoms with E-state index < -0.39 is 0 Å². The van der Waals surface area contributed by atoms with Crippen molar-refractivity contribution in [3.05, 3.63) is 29.6 Å². The predicted molar refractivity (Wildman–Crippen MR) is 112 cm³/mol. The summed E-state index contributed by atoms with van der Waals surface area (Å²) in [7, 11) is 1.67. The van der Waals surface area contributed by atoms with E-state index in [2.05, 4.69) is 20.5 Å². The van der Waals surface area contributed by atoms with Crippen molar-refractivity contribution >= 4 is 11.8 Å². The van der Waals surface area contributed by atoms with E-state index >= 15 is 0 Å². The van der Waals surface area contributed by atoms with Crippen molar-refractivity contribution < 1.29 is 14.3 Å². The average Bonchev–Trinajstić information content (AvgIpc) is 3.46. The topological polar surface area (TPSA) is 83.6 Å². The van der Waals surface area contributed by atoms with Gasteiger partial charge < -0.3 is 15.4 Å². The number of hydrogen-bond acceptors (Lipinski definition) is 5. The van der Waals surface area contributed by atoms with E-state index in [4.69, 9.17) is 4.74 Å². The number of hydrogen-bond donors (Lipinski definition) is 2. The molecule has 1 saturated heterocycles. The summed E-state index contributed by atoms with van der Waals surface area (Å²) < 4.78 is 5.02. The Kier molecular flexibility index (Phi) is 8.00. The summed E-state index contributed by atoms with van der Waals surface area (Å²) in [5.74, 6) is 0.783. The summed E-state index contributed by atoms with van der Waals surface area (Å²) in [6.07, 6.45) is 7.57. The molecule has 0 bridgehead atoms. The van der Waals surface area contributed by atoms with Gasteiger partial charge in [0.25, 0.3) is 5.91 Å². The highest BCUT2D eigenvalue weighted by Crippen LogP contribution is 2.35. The SMILES string of the molecule is COCCCNC(=O)C[C@H]1CC[C@@H](CNC(=O)c2ccc(C)nc2)N1CC1CC1. The molecular formula is C22H34N4O3. The Bertz CT molecular complexity index is 675. The summed E-state index contributed by atoms with van der Waals surface area (Å²) in [5.41, 5.74) is 1.49. The lowest BCUT2D eigenvalue weighted by Gasteiger charge is -2.30. The molecule has 7 nitrogen and oxygen atoms in total. The molecule has 2 aliphatic rings. The highest BCUT2D eigenvalue weighted by Gasteiger charge is 2.37. The van der Waals surface area contributed by atoms with E-state index in [-0.39, 0.29) is 17.9 Å². The molecule has 2 N–H and O–H groups in total. The number of ether oxygens (including phenoxy) is 1. The number of carbonyl (C=O) groups is 2. The Hall–Kier alpha value is -1.99. The molecule has 0 spiro atoms. The third kappa shape index (κ3) is 6.78. The lowest BCUT2D eigenvalue weighted by molar-refractivity contribution is -0.122. The van der Waals surface area contributed by atoms with E-state index in [0.717, 1.165) is 37.4 Å². The monoisotopic (exact) mass is 402 g/mol. The number of rotatable bonds is 11. The number of aryl methyl sites for hydroxylation is 1. The van der Waals surface area contributed by atoms with Crippen LogP contribution in [0.5, 0.6) is 0 Å². The second kappa shape index (κ2) is 10.7. The standard InChI is InChI=1S/C22H34N4O3/c1-16-4-7-18(13-24-16)22(28)25-14-20-9-8-19(26(20)15-17-5-6-17)12-21(27)23-10-3-11-29-2/h4,7,13,17,19-20H,3,5-6,8-12,14-15H2,1-2H3,(H,23,27)(H,25,28)/t19-,20+/m1/s1. The number of carbonyl (C=O) groups excluding carboxylic acids is 2. The van der Waals surface area contributed by atoms with Crippen LogP contribution in [0.2, 0.25) is 0 Å². The van der Waals surface area contributed by atoms with Crippen LogP contribution in [0.3, 0.4) is 0 Å². The molecule has 2 fully saturated rings. The van der Waals surface area contributed by atoms with Crippen molar-refractivity contribution in [3.63, 3.8) is 0 Å². The van der Waals surface area contributed by atoms with Crippen LogP contribution < -0.4 is 10.6 Å². The van der Waals surface area contributed by atoms with Gasteiger partial charge in [-0.2, -0.15) is 0 Å². The molecule has 2 amide bonds. The quantitative estimate of drug-likeness (QED) is 0.553. The maximum absolute atomic E-state index is 12.4. The smallest absolute Gasteiger partial charge is 0.252 e.